The monoisotopic (exact) mass is 497 g/mol. The summed E-state index contributed by atoms with van der Waals surface area (Å²) >= 11 is 0. The highest BCUT2D eigenvalue weighted by atomic mass is 19.1. The molecule has 0 atom stereocenters. The highest BCUT2D eigenvalue weighted by molar-refractivity contribution is 6.09. The van der Waals surface area contributed by atoms with E-state index in [0.29, 0.717) is 12.2 Å². The molecule has 1 N–H and O–H groups in total. The number of carbonyl (C=O) groups is 1. The third-order valence-electron chi connectivity index (χ3n) is 5.98. The molecule has 3 aromatic heterocycles. The summed E-state index contributed by atoms with van der Waals surface area (Å²) < 4.78 is 21.6. The van der Waals surface area contributed by atoms with Gasteiger partial charge in [0.15, 0.2) is 5.82 Å². The zero-order chi connectivity index (χ0) is 25.9. The molecule has 0 bridgehead atoms. The molecule has 3 heterocycles. The molecule has 0 unspecified atom stereocenters. The molecule has 5 aromatic rings. The van der Waals surface area contributed by atoms with Gasteiger partial charge < -0.3 is 15.0 Å². The van der Waals surface area contributed by atoms with Gasteiger partial charge in [0, 0.05) is 44.6 Å². The van der Waals surface area contributed by atoms with Gasteiger partial charge in [-0.1, -0.05) is 12.1 Å². The number of hydrogen-bond donors (Lipinski definition) is 1. The molecular weight excluding hydrogens is 473 g/mol. The second-order valence-corrected chi connectivity index (χ2v) is 8.42. The van der Waals surface area contributed by atoms with Crippen molar-refractivity contribution in [3.05, 3.63) is 90.4 Å². The lowest BCUT2D eigenvalue weighted by molar-refractivity contribution is 0.102. The first-order valence-electron chi connectivity index (χ1n) is 11.5. The molecule has 1 amide bonds. The first-order valence-corrected chi connectivity index (χ1v) is 11.5. The number of carbonyl (C=O) groups excluding carboxylic acids is 1. The van der Waals surface area contributed by atoms with Crippen LogP contribution in [0.3, 0.4) is 0 Å². The minimum Gasteiger partial charge on any atom is -0.496 e. The first-order chi connectivity index (χ1) is 18.0. The van der Waals surface area contributed by atoms with E-state index in [4.69, 9.17) is 4.74 Å². The lowest BCUT2D eigenvalue weighted by atomic mass is 10.1. The van der Waals surface area contributed by atoms with Gasteiger partial charge in [0.1, 0.15) is 17.3 Å². The van der Waals surface area contributed by atoms with Crippen LogP contribution in [-0.4, -0.2) is 44.8 Å². The van der Waals surface area contributed by atoms with E-state index in [0.717, 1.165) is 22.2 Å². The molecule has 0 saturated carbocycles. The fraction of sp³-hybridized carbons (Fsp3) is 0.148. The molecule has 0 aliphatic heterocycles. The van der Waals surface area contributed by atoms with Crippen molar-refractivity contribution in [2.45, 2.75) is 6.54 Å². The van der Waals surface area contributed by atoms with Gasteiger partial charge in [-0.25, -0.2) is 14.4 Å². The maximum absolute atomic E-state index is 14.6. The smallest absolute Gasteiger partial charge is 0.274 e. The number of nitrogens with one attached hydrogen (secondary N) is 1. The Hall–Kier alpha value is -4.86. The minimum atomic E-state index is -0.543. The highest BCUT2D eigenvalue weighted by Crippen LogP contribution is 2.35. The number of aryl methyl sites for hydroxylation is 1. The number of ether oxygens (including phenoxy) is 1. The van der Waals surface area contributed by atoms with E-state index < -0.39 is 11.7 Å². The molecule has 0 saturated heterocycles. The van der Waals surface area contributed by atoms with Crippen LogP contribution in [-0.2, 0) is 13.6 Å². The van der Waals surface area contributed by atoms with Gasteiger partial charge in [-0.15, -0.1) is 0 Å². The predicted molar refractivity (Wildman–Crippen MR) is 139 cm³/mol. The van der Waals surface area contributed by atoms with E-state index in [-0.39, 0.29) is 22.8 Å². The van der Waals surface area contributed by atoms with Crippen molar-refractivity contribution in [1.82, 2.24) is 24.7 Å². The fourth-order valence-corrected chi connectivity index (χ4v) is 4.25. The average molecular weight is 498 g/mol. The van der Waals surface area contributed by atoms with Crippen LogP contribution < -0.4 is 15.0 Å². The summed E-state index contributed by atoms with van der Waals surface area (Å²) in [6.07, 6.45) is 6.72. The second-order valence-electron chi connectivity index (χ2n) is 8.42. The predicted octanol–water partition coefficient (Wildman–Crippen LogP) is 4.46. The lowest BCUT2D eigenvalue weighted by Gasteiger charge is -2.23. The zero-order valence-electron chi connectivity index (χ0n) is 20.5. The number of nitrogens with zero attached hydrogens (tertiary/aromatic N) is 6. The molecule has 10 heteroatoms. The Kier molecular flexibility index (Phi) is 6.46. The Morgan fingerprint density at radius 3 is 2.76 bits per heavy atom. The van der Waals surface area contributed by atoms with Crippen LogP contribution in [0.2, 0.25) is 0 Å². The fourth-order valence-electron chi connectivity index (χ4n) is 4.25. The van der Waals surface area contributed by atoms with Crippen LogP contribution in [0.15, 0.2) is 73.3 Å². The number of fused-ring (bicyclic) bond motifs is 1. The first kappa shape index (κ1) is 23.9. The van der Waals surface area contributed by atoms with E-state index in [9.17, 15) is 9.18 Å². The number of anilines is 2. The number of hydrogen-bond acceptors (Lipinski definition) is 7. The molecule has 9 nitrogen and oxygen atoms in total. The number of rotatable bonds is 7. The normalized spacial score (nSPS) is 10.9. The number of amides is 1. The molecule has 0 fully saturated rings. The summed E-state index contributed by atoms with van der Waals surface area (Å²) in [6, 6.07) is 13.5. The SMILES string of the molecule is COc1cccc(F)c1-c1nccc(C(=O)Nc2ccc3c(cnn3C)c2N(C)Cc2cccnc2)n1. The van der Waals surface area contributed by atoms with Gasteiger partial charge in [0.2, 0.25) is 0 Å². The Morgan fingerprint density at radius 1 is 1.11 bits per heavy atom. The van der Waals surface area contributed by atoms with E-state index in [2.05, 4.69) is 25.4 Å². The van der Waals surface area contributed by atoms with Gasteiger partial charge >= 0.3 is 0 Å². The summed E-state index contributed by atoms with van der Waals surface area (Å²) in [6.45, 7) is 0.565. The van der Waals surface area contributed by atoms with E-state index in [1.807, 2.05) is 43.3 Å². The molecule has 5 rings (SSSR count). The van der Waals surface area contributed by atoms with Crippen LogP contribution in [0, 0.1) is 5.82 Å². The largest absolute Gasteiger partial charge is 0.496 e. The number of pyridine rings is 1. The van der Waals surface area contributed by atoms with Gasteiger partial charge in [-0.2, -0.15) is 5.10 Å². The van der Waals surface area contributed by atoms with Crippen molar-refractivity contribution in [2.24, 2.45) is 7.05 Å². The van der Waals surface area contributed by atoms with Crippen LogP contribution in [0.25, 0.3) is 22.3 Å². The summed E-state index contributed by atoms with van der Waals surface area (Å²) in [5, 5.41) is 8.24. The van der Waals surface area contributed by atoms with Crippen LogP contribution in [0.1, 0.15) is 16.1 Å². The van der Waals surface area contributed by atoms with Gasteiger partial charge in [-0.3, -0.25) is 14.5 Å². The van der Waals surface area contributed by atoms with Crippen LogP contribution >= 0.6 is 0 Å². The summed E-state index contributed by atoms with van der Waals surface area (Å²) in [4.78, 5) is 28.1. The Bertz CT molecular complexity index is 1590. The van der Waals surface area contributed by atoms with Crippen molar-refractivity contribution in [1.29, 1.82) is 0 Å². The lowest BCUT2D eigenvalue weighted by Crippen LogP contribution is -2.21. The molecule has 2 aromatic carbocycles. The number of methoxy groups -OCH3 is 1. The highest BCUT2D eigenvalue weighted by Gasteiger charge is 2.20. The molecular formula is C27H24FN7O2. The molecule has 0 spiro atoms. The zero-order valence-corrected chi connectivity index (χ0v) is 20.5. The van der Waals surface area contributed by atoms with Crippen LogP contribution in [0.4, 0.5) is 15.8 Å². The van der Waals surface area contributed by atoms with E-state index in [1.54, 1.807) is 29.3 Å². The van der Waals surface area contributed by atoms with Crippen molar-refractivity contribution in [2.75, 3.05) is 24.4 Å². The second kappa shape index (κ2) is 10.0. The number of aromatic nitrogens is 5. The standard InChI is InChI=1S/C27H24FN7O2/c1-34(16-17-6-5-12-29-14-17)25-18-15-31-35(2)22(18)10-9-20(25)33-27(36)21-11-13-30-26(32-21)24-19(28)7-4-8-23(24)37-3/h4-15H,16H2,1-3H3,(H,33,36). The number of halogens is 1. The Balaban J connectivity index is 1.50. The van der Waals surface area contributed by atoms with Crippen molar-refractivity contribution < 1.29 is 13.9 Å². The van der Waals surface area contributed by atoms with Gasteiger partial charge in [0.05, 0.1) is 35.8 Å². The number of benzene rings is 2. The Morgan fingerprint density at radius 2 is 1.97 bits per heavy atom. The summed E-state index contributed by atoms with van der Waals surface area (Å²) in [5.41, 5.74) is 3.49. The topological polar surface area (TPSA) is 98.1 Å². The summed E-state index contributed by atoms with van der Waals surface area (Å²) in [7, 11) is 5.25. The average Bonchev–Trinajstić information content (AvgIpc) is 3.29. The molecule has 186 valence electrons. The third-order valence-corrected chi connectivity index (χ3v) is 5.98. The molecule has 0 radical (unpaired) electrons. The molecule has 37 heavy (non-hydrogen) atoms. The van der Waals surface area contributed by atoms with Crippen molar-refractivity contribution >= 4 is 28.2 Å². The maximum Gasteiger partial charge on any atom is 0.274 e. The van der Waals surface area contributed by atoms with Crippen LogP contribution in [0.5, 0.6) is 5.75 Å². The molecule has 0 aliphatic rings. The van der Waals surface area contributed by atoms with Gasteiger partial charge in [0.25, 0.3) is 5.91 Å². The maximum atomic E-state index is 14.6. The van der Waals surface area contributed by atoms with Gasteiger partial charge in [-0.05, 0) is 42.0 Å². The third kappa shape index (κ3) is 4.68. The summed E-state index contributed by atoms with van der Waals surface area (Å²) in [5.74, 6) is -0.672. The Labute approximate surface area is 212 Å². The van der Waals surface area contributed by atoms with Crippen molar-refractivity contribution in [3.8, 4) is 17.1 Å². The quantitative estimate of drug-likeness (QED) is 0.354. The minimum absolute atomic E-state index is 0.0548. The van der Waals surface area contributed by atoms with E-state index >= 15 is 0 Å². The van der Waals surface area contributed by atoms with E-state index in [1.165, 1.54) is 31.5 Å². The molecule has 0 aliphatic carbocycles. The van der Waals surface area contributed by atoms with Crippen molar-refractivity contribution in [3.63, 3.8) is 0 Å².